The molecule has 7 heterocycles. The van der Waals surface area contributed by atoms with E-state index < -0.39 is 70.1 Å². The molecule has 3 aromatic carbocycles. The number of aryl methyl sites for hydroxylation is 2. The van der Waals surface area contributed by atoms with Crippen molar-refractivity contribution in [3.63, 3.8) is 0 Å². The van der Waals surface area contributed by atoms with Gasteiger partial charge in [-0.05, 0) is 213 Å². The zero-order chi connectivity index (χ0) is 66.7. The van der Waals surface area contributed by atoms with Gasteiger partial charge in [-0.3, -0.25) is 24.9 Å². The van der Waals surface area contributed by atoms with Crippen LogP contribution in [0.1, 0.15) is 191 Å². The van der Waals surface area contributed by atoms with Gasteiger partial charge in [0.25, 0.3) is 11.8 Å². The minimum Gasteiger partial charge on any atom is -0.444 e. The van der Waals surface area contributed by atoms with Crippen molar-refractivity contribution in [1.29, 1.82) is 0 Å². The second kappa shape index (κ2) is 32.8. The Morgan fingerprint density at radius 1 is 0.511 bits per heavy atom. The molecule has 0 saturated carbocycles. The third-order valence-electron chi connectivity index (χ3n) is 17.1. The number of aromatic amines is 3. The molecule has 4 aliphatic heterocycles. The third-order valence-corrected chi connectivity index (χ3v) is 17.1. The Labute approximate surface area is 546 Å². The fraction of sp³-hybridized carbons (Fsp3) is 0.516. The summed E-state index contributed by atoms with van der Waals surface area (Å²) in [5.41, 5.74) is 4.40. The van der Waals surface area contributed by atoms with Crippen LogP contribution in [-0.4, -0.2) is 121 Å². The van der Waals surface area contributed by atoms with Gasteiger partial charge in [0.1, 0.15) is 23.1 Å². The molecule has 0 atom stereocenters. The number of alkyl halides is 9. The van der Waals surface area contributed by atoms with Crippen LogP contribution in [0.15, 0.2) is 60.8 Å². The predicted octanol–water partition coefficient (Wildman–Crippen LogP) is 14.2. The normalized spacial score (nSPS) is 16.9. The van der Waals surface area contributed by atoms with Crippen molar-refractivity contribution in [3.8, 4) is 0 Å². The molecule has 6 aliphatic rings. The lowest BCUT2D eigenvalue weighted by Crippen LogP contribution is -2.39. The first kappa shape index (κ1) is 75.6. The number of fused-ring (bicyclic) bond motifs is 3. The van der Waals surface area contributed by atoms with Gasteiger partial charge in [0.15, 0.2) is 11.4 Å². The number of H-pyrrole nitrogens is 3. The van der Waals surface area contributed by atoms with E-state index in [0.29, 0.717) is 102 Å². The molecule has 3 saturated heterocycles. The summed E-state index contributed by atoms with van der Waals surface area (Å²) < 4.78 is 164. The van der Waals surface area contributed by atoms with E-state index in [1.165, 1.54) is 0 Å². The Balaban J connectivity index is 0.000000200. The first-order valence-corrected chi connectivity index (χ1v) is 30.5. The number of rotatable bonds is 5. The zero-order valence-corrected chi connectivity index (χ0v) is 53.4. The lowest BCUT2D eigenvalue weighted by Gasteiger charge is -2.33. The van der Waals surface area contributed by atoms with Gasteiger partial charge >= 0.3 is 30.8 Å². The van der Waals surface area contributed by atoms with Crippen molar-refractivity contribution < 1.29 is 81.4 Å². The molecule has 514 valence electrons. The van der Waals surface area contributed by atoms with E-state index in [9.17, 15) is 67.1 Å². The molecular formula is C64H74Cl2F12N10O6. The van der Waals surface area contributed by atoms with Crippen LogP contribution in [0.4, 0.5) is 57.5 Å². The molecule has 3 amide bonds. The summed E-state index contributed by atoms with van der Waals surface area (Å²) in [4.78, 5) is 58.8. The van der Waals surface area contributed by atoms with Crippen molar-refractivity contribution in [2.45, 2.75) is 166 Å². The average Bonchev–Trinajstić information content (AvgIpc) is 1.01. The highest BCUT2D eigenvalue weighted by molar-refractivity contribution is 5.95. The SMILES string of the molecule is CC(C)(C)OC(=O)N1CCc2[nH]ncc2C1.Cl.Cl.Fc1ccc(C(F)(F)F)c(C2CCNCC2)c1.O=C(c1n[nH]c2c1CCCC2)N1CCC(c2cc(F)ccc2C(F)(F)F)CC1.O=C(c1n[nH]c2c1CCCC2)N1CCC(c2cc(F)ccc2C(F)(F)F)CC1.O=C=O. The molecule has 0 bridgehead atoms. The van der Waals surface area contributed by atoms with Gasteiger partial charge in [0, 0.05) is 72.9 Å². The number of ether oxygens (including phenoxy) is 1. The maximum atomic E-state index is 13.6. The quantitative estimate of drug-likeness (QED) is 0.120. The number of halogens is 14. The van der Waals surface area contributed by atoms with Crippen LogP contribution in [0.3, 0.4) is 0 Å². The first-order chi connectivity index (χ1) is 43.5. The minimum atomic E-state index is -4.52. The molecule has 6 aromatic rings. The van der Waals surface area contributed by atoms with Gasteiger partial charge in [-0.15, -0.1) is 24.8 Å². The minimum absolute atomic E-state index is 0. The van der Waals surface area contributed by atoms with Crippen LogP contribution >= 0.6 is 24.8 Å². The Morgan fingerprint density at radius 3 is 1.26 bits per heavy atom. The zero-order valence-electron chi connectivity index (χ0n) is 51.8. The maximum absolute atomic E-state index is 13.6. The number of nitrogens with zero attached hydrogens (tertiary/aromatic N) is 6. The number of piperidine rings is 3. The van der Waals surface area contributed by atoms with Crippen molar-refractivity contribution in [2.75, 3.05) is 45.8 Å². The Bertz CT molecular complexity index is 3390. The lowest BCUT2D eigenvalue weighted by molar-refractivity contribution is -0.191. The largest absolute Gasteiger partial charge is 0.444 e. The predicted molar refractivity (Wildman–Crippen MR) is 324 cm³/mol. The van der Waals surface area contributed by atoms with Crippen molar-refractivity contribution in [1.82, 2.24) is 50.6 Å². The van der Waals surface area contributed by atoms with Gasteiger partial charge in [-0.1, -0.05) is 0 Å². The summed E-state index contributed by atoms with van der Waals surface area (Å²) in [5, 5.41) is 24.3. The van der Waals surface area contributed by atoms with E-state index in [1.807, 2.05) is 20.8 Å². The van der Waals surface area contributed by atoms with E-state index in [0.717, 1.165) is 146 Å². The number of amides is 3. The molecule has 0 radical (unpaired) electrons. The second-order valence-electron chi connectivity index (χ2n) is 24.4. The van der Waals surface area contributed by atoms with Gasteiger partial charge < -0.3 is 24.8 Å². The van der Waals surface area contributed by atoms with Crippen LogP contribution in [-0.2, 0) is 71.5 Å². The number of likely N-dealkylation sites (tertiary alicyclic amines) is 2. The third kappa shape index (κ3) is 19.6. The molecule has 94 heavy (non-hydrogen) atoms. The second-order valence-corrected chi connectivity index (χ2v) is 24.4. The molecule has 3 aromatic heterocycles. The van der Waals surface area contributed by atoms with E-state index in [1.54, 1.807) is 20.9 Å². The number of nitrogens with one attached hydrogen (secondary N) is 4. The number of carbonyl (C=O) groups excluding carboxylic acids is 5. The molecule has 12 rings (SSSR count). The van der Waals surface area contributed by atoms with Crippen LogP contribution < -0.4 is 5.32 Å². The molecule has 0 unspecified atom stereocenters. The molecule has 2 aliphatic carbocycles. The standard InChI is InChI=1S/2C20H21F4N3O.C12H13F4N.C11H17N3O2.CO2.2ClH/c2*21-13-5-6-16(20(22,23)24)15(11-13)12-7-9-27(10-8-12)19(28)18-14-3-1-2-4-17(14)25-26-18;13-9-1-2-11(12(14,15)16)10(7-9)8-3-5-17-6-4-8;1-11(2,3)16-10(15)14-5-4-9-8(7-14)6-12-13-9;2-1-3;;/h2*5-6,11-12H,1-4,7-10H2,(H,25,26);1-2,7-8,17H,3-6H2;6H,4-5,7H2,1-3H3,(H,12,13);;2*1H. The van der Waals surface area contributed by atoms with Gasteiger partial charge in [0.2, 0.25) is 0 Å². The van der Waals surface area contributed by atoms with Crippen molar-refractivity contribution >= 4 is 48.9 Å². The van der Waals surface area contributed by atoms with Crippen LogP contribution in [0.25, 0.3) is 0 Å². The topological polar surface area (TPSA) is 202 Å². The lowest BCUT2D eigenvalue weighted by atomic mass is 9.86. The fourth-order valence-electron chi connectivity index (χ4n) is 12.6. The Hall–Kier alpha value is -7.42. The number of hydrogen-bond donors (Lipinski definition) is 4. The summed E-state index contributed by atoms with van der Waals surface area (Å²) in [6.45, 7) is 9.58. The molecule has 4 N–H and O–H groups in total. The van der Waals surface area contributed by atoms with Crippen molar-refractivity contribution in [2.24, 2.45) is 0 Å². The summed E-state index contributed by atoms with van der Waals surface area (Å²) >= 11 is 0. The summed E-state index contributed by atoms with van der Waals surface area (Å²) in [5.74, 6) is -3.36. The van der Waals surface area contributed by atoms with E-state index >= 15 is 0 Å². The number of hydrogen-bond acceptors (Lipinski definition) is 10. The molecule has 3 fully saturated rings. The van der Waals surface area contributed by atoms with Crippen molar-refractivity contribution in [3.05, 3.63) is 157 Å². The van der Waals surface area contributed by atoms with Gasteiger partial charge in [-0.25, -0.2) is 18.0 Å². The maximum Gasteiger partial charge on any atom is 0.416 e. The van der Waals surface area contributed by atoms with Crippen LogP contribution in [0.5, 0.6) is 0 Å². The molecular weight excluding hydrogens is 1300 g/mol. The highest BCUT2D eigenvalue weighted by Crippen LogP contribution is 2.42. The number of aromatic nitrogens is 6. The molecule has 16 nitrogen and oxygen atoms in total. The van der Waals surface area contributed by atoms with E-state index in [4.69, 9.17) is 14.3 Å². The van der Waals surface area contributed by atoms with Crippen LogP contribution in [0.2, 0.25) is 0 Å². The number of carbonyl (C=O) groups is 3. The highest BCUT2D eigenvalue weighted by atomic mass is 35.5. The molecule has 30 heteroatoms. The van der Waals surface area contributed by atoms with E-state index in [-0.39, 0.29) is 71.5 Å². The van der Waals surface area contributed by atoms with Gasteiger partial charge in [0.05, 0.1) is 29.4 Å². The smallest absolute Gasteiger partial charge is 0.416 e. The Kier molecular flexibility index (Phi) is 26.4. The fourth-order valence-corrected chi connectivity index (χ4v) is 12.6. The van der Waals surface area contributed by atoms with Crippen LogP contribution in [0, 0.1) is 17.5 Å². The van der Waals surface area contributed by atoms with Gasteiger partial charge in [-0.2, -0.15) is 64.4 Å². The highest BCUT2D eigenvalue weighted by Gasteiger charge is 2.40. The summed E-state index contributed by atoms with van der Waals surface area (Å²) in [6.07, 6.45) is -0.569. The molecule has 0 spiro atoms. The summed E-state index contributed by atoms with van der Waals surface area (Å²) in [6, 6.07) is 7.98. The average molecular weight is 1380 g/mol. The number of benzene rings is 3. The Morgan fingerprint density at radius 2 is 0.883 bits per heavy atom. The van der Waals surface area contributed by atoms with E-state index in [2.05, 4.69) is 35.9 Å². The monoisotopic (exact) mass is 1380 g/mol. The summed E-state index contributed by atoms with van der Waals surface area (Å²) in [7, 11) is 0. The first-order valence-electron chi connectivity index (χ1n) is 30.5.